The van der Waals surface area contributed by atoms with Crippen LogP contribution in [0.2, 0.25) is 5.02 Å². The zero-order valence-electron chi connectivity index (χ0n) is 12.8. The molecule has 1 N–H and O–H groups in total. The lowest BCUT2D eigenvalue weighted by molar-refractivity contribution is -0.119. The van der Waals surface area contributed by atoms with Gasteiger partial charge >= 0.3 is 0 Å². The van der Waals surface area contributed by atoms with Gasteiger partial charge in [-0.05, 0) is 43.4 Å². The average Bonchev–Trinajstić information content (AvgIpc) is 3.33. The fourth-order valence-corrected chi connectivity index (χ4v) is 4.01. The number of nitrogens with one attached hydrogen (secondary N) is 1. The molecule has 0 atom stereocenters. The Labute approximate surface area is 141 Å². The van der Waals surface area contributed by atoms with Gasteiger partial charge in [-0.1, -0.05) is 23.7 Å². The van der Waals surface area contributed by atoms with Crippen molar-refractivity contribution < 1.29 is 4.79 Å². The Morgan fingerprint density at radius 3 is 2.73 bits per heavy atom. The van der Waals surface area contributed by atoms with E-state index >= 15 is 0 Å². The number of amides is 1. The Morgan fingerprint density at radius 1 is 1.27 bits per heavy atom. The second-order valence-corrected chi connectivity index (χ2v) is 7.65. The van der Waals surface area contributed by atoms with E-state index in [0.29, 0.717) is 11.8 Å². The van der Waals surface area contributed by atoms with Gasteiger partial charge in [-0.3, -0.25) is 4.79 Å². The van der Waals surface area contributed by atoms with E-state index in [1.165, 1.54) is 18.4 Å². The number of rotatable bonds is 6. The number of hydrogen-bond acceptors (Lipinski definition) is 3. The van der Waals surface area contributed by atoms with Crippen molar-refractivity contribution in [2.45, 2.75) is 43.5 Å². The highest BCUT2D eigenvalue weighted by Crippen LogP contribution is 2.29. The van der Waals surface area contributed by atoms with Crippen LogP contribution in [-0.4, -0.2) is 41.7 Å². The molecule has 5 heteroatoms. The second-order valence-electron chi connectivity index (χ2n) is 6.23. The molecule has 1 amide bonds. The van der Waals surface area contributed by atoms with Gasteiger partial charge in [-0.15, -0.1) is 11.8 Å². The van der Waals surface area contributed by atoms with E-state index < -0.39 is 0 Å². The molecule has 2 fully saturated rings. The van der Waals surface area contributed by atoms with Crippen LogP contribution >= 0.6 is 23.4 Å². The van der Waals surface area contributed by atoms with Crippen LogP contribution in [0.3, 0.4) is 0 Å². The van der Waals surface area contributed by atoms with Crippen molar-refractivity contribution in [3.8, 4) is 0 Å². The van der Waals surface area contributed by atoms with Crippen LogP contribution in [0.4, 0.5) is 0 Å². The fraction of sp³-hybridized carbons (Fsp3) is 0.588. The molecule has 2 aliphatic rings. The molecule has 0 unspecified atom stereocenters. The summed E-state index contributed by atoms with van der Waals surface area (Å²) >= 11 is 7.61. The van der Waals surface area contributed by atoms with Crippen molar-refractivity contribution in [1.82, 2.24) is 10.2 Å². The number of halogens is 1. The number of carbonyl (C=O) groups excluding carboxylic acids is 1. The van der Waals surface area contributed by atoms with Crippen molar-refractivity contribution in [3.63, 3.8) is 0 Å². The molecule has 22 heavy (non-hydrogen) atoms. The quantitative estimate of drug-likeness (QED) is 0.863. The van der Waals surface area contributed by atoms with Gasteiger partial charge < -0.3 is 10.2 Å². The zero-order chi connectivity index (χ0) is 15.4. The van der Waals surface area contributed by atoms with Crippen molar-refractivity contribution in [1.29, 1.82) is 0 Å². The number of benzene rings is 1. The molecule has 1 aliphatic carbocycles. The standard InChI is InChI=1S/C17H23ClN2OS/c18-14-3-1-2-13(10-14)11-22-12-17(21)19-15-6-8-20(9-7-15)16-4-5-16/h1-3,10,15-16H,4-9,11-12H2,(H,19,21). The monoisotopic (exact) mass is 338 g/mol. The summed E-state index contributed by atoms with van der Waals surface area (Å²) in [6.07, 6.45) is 4.94. The molecule has 1 aliphatic heterocycles. The third-order valence-electron chi connectivity index (χ3n) is 4.35. The summed E-state index contributed by atoms with van der Waals surface area (Å²) in [7, 11) is 0. The van der Waals surface area contributed by atoms with Gasteiger partial charge in [0.05, 0.1) is 5.75 Å². The number of nitrogens with zero attached hydrogens (tertiary/aromatic N) is 1. The summed E-state index contributed by atoms with van der Waals surface area (Å²) < 4.78 is 0. The van der Waals surface area contributed by atoms with Gasteiger partial charge in [-0.2, -0.15) is 0 Å². The van der Waals surface area contributed by atoms with Crippen molar-refractivity contribution >= 4 is 29.3 Å². The molecule has 1 aromatic carbocycles. The summed E-state index contributed by atoms with van der Waals surface area (Å²) in [6, 6.07) is 9.05. The average molecular weight is 339 g/mol. The van der Waals surface area contributed by atoms with Gasteiger partial charge in [0.15, 0.2) is 0 Å². The Morgan fingerprint density at radius 2 is 2.05 bits per heavy atom. The predicted molar refractivity (Wildman–Crippen MR) is 93.4 cm³/mol. The Bertz CT molecular complexity index is 513. The van der Waals surface area contributed by atoms with Crippen LogP contribution in [0.1, 0.15) is 31.2 Å². The van der Waals surface area contributed by atoms with Crippen LogP contribution < -0.4 is 5.32 Å². The van der Waals surface area contributed by atoms with E-state index in [2.05, 4.69) is 10.2 Å². The van der Waals surface area contributed by atoms with E-state index in [-0.39, 0.29) is 5.91 Å². The second kappa shape index (κ2) is 7.71. The van der Waals surface area contributed by atoms with E-state index in [0.717, 1.165) is 42.7 Å². The molecule has 1 saturated carbocycles. The highest BCUT2D eigenvalue weighted by atomic mass is 35.5. The summed E-state index contributed by atoms with van der Waals surface area (Å²) in [6.45, 7) is 2.29. The lowest BCUT2D eigenvalue weighted by Gasteiger charge is -2.32. The van der Waals surface area contributed by atoms with Crippen LogP contribution in [-0.2, 0) is 10.5 Å². The van der Waals surface area contributed by atoms with Crippen LogP contribution in [0.15, 0.2) is 24.3 Å². The lowest BCUT2D eigenvalue weighted by Crippen LogP contribution is -2.45. The first-order valence-corrected chi connectivity index (χ1v) is 9.59. The third kappa shape index (κ3) is 4.90. The first-order chi connectivity index (χ1) is 10.7. The molecule has 1 saturated heterocycles. The van der Waals surface area contributed by atoms with Crippen LogP contribution in [0.25, 0.3) is 0 Å². The molecule has 1 heterocycles. The SMILES string of the molecule is O=C(CSCc1cccc(Cl)c1)NC1CCN(C2CC2)CC1. The Kier molecular flexibility index (Phi) is 5.66. The summed E-state index contributed by atoms with van der Waals surface area (Å²) in [5, 5.41) is 3.94. The Balaban J connectivity index is 1.32. The number of thioether (sulfide) groups is 1. The molecule has 0 radical (unpaired) electrons. The minimum absolute atomic E-state index is 0.164. The predicted octanol–water partition coefficient (Wildman–Crippen LogP) is 3.32. The topological polar surface area (TPSA) is 32.3 Å². The molecule has 0 spiro atoms. The molecular weight excluding hydrogens is 316 g/mol. The molecule has 3 nitrogen and oxygen atoms in total. The first kappa shape index (κ1) is 16.2. The number of hydrogen-bond donors (Lipinski definition) is 1. The largest absolute Gasteiger partial charge is 0.353 e. The smallest absolute Gasteiger partial charge is 0.230 e. The molecule has 1 aromatic rings. The van der Waals surface area contributed by atoms with E-state index in [1.807, 2.05) is 24.3 Å². The maximum atomic E-state index is 12.0. The number of carbonyl (C=O) groups is 1. The number of likely N-dealkylation sites (tertiary alicyclic amines) is 1. The van der Waals surface area contributed by atoms with Gasteiger partial charge in [0.1, 0.15) is 0 Å². The highest BCUT2D eigenvalue weighted by molar-refractivity contribution is 7.99. The van der Waals surface area contributed by atoms with Crippen molar-refractivity contribution in [2.24, 2.45) is 0 Å². The summed E-state index contributed by atoms with van der Waals surface area (Å²) in [5.74, 6) is 1.51. The van der Waals surface area contributed by atoms with E-state index in [4.69, 9.17) is 11.6 Å². The van der Waals surface area contributed by atoms with Gasteiger partial charge in [0.2, 0.25) is 5.91 Å². The van der Waals surface area contributed by atoms with Crippen molar-refractivity contribution in [2.75, 3.05) is 18.8 Å². The maximum Gasteiger partial charge on any atom is 0.230 e. The third-order valence-corrected chi connectivity index (χ3v) is 5.59. The van der Waals surface area contributed by atoms with Gasteiger partial charge in [-0.25, -0.2) is 0 Å². The van der Waals surface area contributed by atoms with E-state index in [1.54, 1.807) is 11.8 Å². The zero-order valence-corrected chi connectivity index (χ0v) is 14.3. The molecule has 120 valence electrons. The normalized spacial score (nSPS) is 20.0. The maximum absolute atomic E-state index is 12.0. The van der Waals surface area contributed by atoms with Crippen molar-refractivity contribution in [3.05, 3.63) is 34.9 Å². The Hall–Kier alpha value is -0.710. The molecule has 3 rings (SSSR count). The highest BCUT2D eigenvalue weighted by Gasteiger charge is 2.31. The molecular formula is C17H23ClN2OS. The van der Waals surface area contributed by atoms with Gasteiger partial charge in [0, 0.05) is 35.9 Å². The first-order valence-electron chi connectivity index (χ1n) is 8.06. The molecule has 0 aromatic heterocycles. The summed E-state index contributed by atoms with van der Waals surface area (Å²) in [5.41, 5.74) is 1.17. The number of piperidine rings is 1. The van der Waals surface area contributed by atoms with Gasteiger partial charge in [0.25, 0.3) is 0 Å². The van der Waals surface area contributed by atoms with Crippen LogP contribution in [0.5, 0.6) is 0 Å². The fourth-order valence-electron chi connectivity index (χ4n) is 3.01. The summed E-state index contributed by atoms with van der Waals surface area (Å²) in [4.78, 5) is 14.6. The van der Waals surface area contributed by atoms with Crippen LogP contribution in [0, 0.1) is 0 Å². The molecule has 0 bridgehead atoms. The lowest BCUT2D eigenvalue weighted by atomic mass is 10.1. The minimum atomic E-state index is 0.164. The minimum Gasteiger partial charge on any atom is -0.353 e. The van der Waals surface area contributed by atoms with E-state index in [9.17, 15) is 4.79 Å².